The standard InChI is InChI=1S/C18H26O2/c1-5-14-19-18(20-15-10-6-7-11-15)13-9-8-12-16(18)17(2,3)4/h6,8-12H,5,7,13-14H2,1-4H3. The molecule has 2 heteroatoms. The largest absolute Gasteiger partial charge is 0.458 e. The van der Waals surface area contributed by atoms with Gasteiger partial charge >= 0.3 is 0 Å². The Hall–Kier alpha value is -1.28. The maximum atomic E-state index is 6.31. The maximum absolute atomic E-state index is 6.31. The van der Waals surface area contributed by atoms with Crippen LogP contribution in [0.2, 0.25) is 0 Å². The molecule has 2 aliphatic carbocycles. The lowest BCUT2D eigenvalue weighted by Gasteiger charge is -2.42. The smallest absolute Gasteiger partial charge is 0.237 e. The van der Waals surface area contributed by atoms with Gasteiger partial charge in [0, 0.05) is 12.0 Å². The Labute approximate surface area is 122 Å². The molecule has 0 saturated heterocycles. The van der Waals surface area contributed by atoms with Gasteiger partial charge < -0.3 is 9.47 Å². The summed E-state index contributed by atoms with van der Waals surface area (Å²) >= 11 is 0. The van der Waals surface area contributed by atoms with E-state index in [2.05, 4.69) is 58.1 Å². The van der Waals surface area contributed by atoms with Crippen LogP contribution in [0, 0.1) is 5.41 Å². The quantitative estimate of drug-likeness (QED) is 0.664. The molecule has 0 heterocycles. The van der Waals surface area contributed by atoms with Gasteiger partial charge in [-0.25, -0.2) is 0 Å². The van der Waals surface area contributed by atoms with Crippen molar-refractivity contribution in [2.45, 2.75) is 52.7 Å². The van der Waals surface area contributed by atoms with E-state index in [-0.39, 0.29) is 5.41 Å². The minimum Gasteiger partial charge on any atom is -0.458 e. The molecule has 2 aliphatic rings. The minimum atomic E-state index is -0.649. The predicted octanol–water partition coefficient (Wildman–Crippen LogP) is 4.90. The summed E-state index contributed by atoms with van der Waals surface area (Å²) in [5, 5.41) is 0. The van der Waals surface area contributed by atoms with Crippen molar-refractivity contribution in [3.05, 3.63) is 47.8 Å². The lowest BCUT2D eigenvalue weighted by molar-refractivity contribution is -0.192. The highest BCUT2D eigenvalue weighted by Gasteiger charge is 2.43. The average molecular weight is 274 g/mol. The van der Waals surface area contributed by atoms with Crippen LogP contribution in [0.15, 0.2) is 47.8 Å². The second kappa shape index (κ2) is 6.01. The average Bonchev–Trinajstić information content (AvgIpc) is 2.88. The molecule has 0 aromatic carbocycles. The topological polar surface area (TPSA) is 18.5 Å². The first-order chi connectivity index (χ1) is 9.48. The van der Waals surface area contributed by atoms with Crippen LogP contribution in [0.3, 0.4) is 0 Å². The SMILES string of the molecule is CCCOC1(OC2=CCC=C2)CC=CC=C1C(C)(C)C. The normalized spacial score (nSPS) is 25.6. The molecule has 0 spiro atoms. The Morgan fingerprint density at radius 2 is 2.05 bits per heavy atom. The number of hydrogen-bond donors (Lipinski definition) is 0. The Morgan fingerprint density at radius 3 is 2.65 bits per heavy atom. The Kier molecular flexibility index (Phi) is 4.54. The second-order valence-electron chi connectivity index (χ2n) is 6.41. The molecule has 0 aliphatic heterocycles. The van der Waals surface area contributed by atoms with Gasteiger partial charge in [0.1, 0.15) is 5.76 Å². The van der Waals surface area contributed by atoms with E-state index in [1.807, 2.05) is 6.08 Å². The molecule has 0 amide bonds. The minimum absolute atomic E-state index is 0.0153. The van der Waals surface area contributed by atoms with Gasteiger partial charge in [0.15, 0.2) is 0 Å². The number of allylic oxidation sites excluding steroid dienone is 5. The van der Waals surface area contributed by atoms with Crippen LogP contribution in [0.1, 0.15) is 47.0 Å². The van der Waals surface area contributed by atoms with Crippen LogP contribution >= 0.6 is 0 Å². The summed E-state index contributed by atoms with van der Waals surface area (Å²) in [4.78, 5) is 0. The Bertz CT molecular complexity index is 460. The van der Waals surface area contributed by atoms with Crippen LogP contribution in [0.25, 0.3) is 0 Å². The summed E-state index contributed by atoms with van der Waals surface area (Å²) in [5.74, 6) is 0.273. The molecule has 1 unspecified atom stereocenters. The summed E-state index contributed by atoms with van der Waals surface area (Å²) in [6.07, 6.45) is 15.3. The number of hydrogen-bond acceptors (Lipinski definition) is 2. The van der Waals surface area contributed by atoms with Crippen molar-refractivity contribution in [3.8, 4) is 0 Å². The zero-order valence-corrected chi connectivity index (χ0v) is 13.1. The van der Waals surface area contributed by atoms with Gasteiger partial charge in [0.2, 0.25) is 5.79 Å². The first-order valence-corrected chi connectivity index (χ1v) is 7.55. The molecule has 0 aromatic heterocycles. The van der Waals surface area contributed by atoms with E-state index in [0.717, 1.165) is 25.0 Å². The summed E-state index contributed by atoms with van der Waals surface area (Å²) in [7, 11) is 0. The summed E-state index contributed by atoms with van der Waals surface area (Å²) in [6, 6.07) is 0. The fourth-order valence-electron chi connectivity index (χ4n) is 2.68. The first kappa shape index (κ1) is 15.1. The monoisotopic (exact) mass is 274 g/mol. The van der Waals surface area contributed by atoms with Gasteiger partial charge in [0.25, 0.3) is 0 Å². The van der Waals surface area contributed by atoms with Crippen LogP contribution in [0.4, 0.5) is 0 Å². The molecule has 20 heavy (non-hydrogen) atoms. The molecule has 0 fully saturated rings. The van der Waals surface area contributed by atoms with Gasteiger partial charge in [-0.15, -0.1) is 0 Å². The molecule has 1 atom stereocenters. The van der Waals surface area contributed by atoms with Crippen molar-refractivity contribution in [3.63, 3.8) is 0 Å². The highest BCUT2D eigenvalue weighted by molar-refractivity contribution is 5.32. The van der Waals surface area contributed by atoms with Crippen molar-refractivity contribution in [2.24, 2.45) is 5.41 Å². The molecule has 0 radical (unpaired) electrons. The lowest BCUT2D eigenvalue weighted by atomic mass is 9.78. The van der Waals surface area contributed by atoms with Crippen molar-refractivity contribution >= 4 is 0 Å². The number of rotatable bonds is 5. The van der Waals surface area contributed by atoms with Crippen molar-refractivity contribution < 1.29 is 9.47 Å². The molecule has 0 saturated carbocycles. The van der Waals surface area contributed by atoms with Crippen LogP contribution < -0.4 is 0 Å². The molecular weight excluding hydrogens is 248 g/mol. The van der Waals surface area contributed by atoms with Gasteiger partial charge in [-0.05, 0) is 30.4 Å². The molecule has 0 N–H and O–H groups in total. The van der Waals surface area contributed by atoms with E-state index < -0.39 is 5.79 Å². The van der Waals surface area contributed by atoms with Crippen molar-refractivity contribution in [1.29, 1.82) is 0 Å². The van der Waals surface area contributed by atoms with Crippen LogP contribution in [-0.2, 0) is 9.47 Å². The molecule has 0 aromatic rings. The van der Waals surface area contributed by atoms with E-state index in [4.69, 9.17) is 9.47 Å². The van der Waals surface area contributed by atoms with Crippen molar-refractivity contribution in [1.82, 2.24) is 0 Å². The van der Waals surface area contributed by atoms with E-state index in [9.17, 15) is 0 Å². The Morgan fingerprint density at radius 1 is 1.25 bits per heavy atom. The molecule has 2 rings (SSSR count). The summed E-state index contributed by atoms with van der Waals surface area (Å²) < 4.78 is 12.5. The third-order valence-corrected chi connectivity index (χ3v) is 3.56. The van der Waals surface area contributed by atoms with Gasteiger partial charge in [-0.1, -0.05) is 52.0 Å². The van der Waals surface area contributed by atoms with E-state index in [0.29, 0.717) is 6.61 Å². The fraction of sp³-hybridized carbons (Fsp3) is 0.556. The summed E-state index contributed by atoms with van der Waals surface area (Å²) in [6.45, 7) is 9.47. The highest BCUT2D eigenvalue weighted by Crippen LogP contribution is 2.43. The second-order valence-corrected chi connectivity index (χ2v) is 6.41. The van der Waals surface area contributed by atoms with Gasteiger partial charge in [0.05, 0.1) is 6.61 Å². The summed E-state index contributed by atoms with van der Waals surface area (Å²) in [5.41, 5.74) is 1.23. The van der Waals surface area contributed by atoms with E-state index in [1.54, 1.807) is 0 Å². The van der Waals surface area contributed by atoms with Gasteiger partial charge in [-0.3, -0.25) is 0 Å². The van der Waals surface area contributed by atoms with E-state index in [1.165, 1.54) is 5.57 Å². The number of ether oxygens (including phenoxy) is 2. The zero-order valence-electron chi connectivity index (χ0n) is 13.1. The third-order valence-electron chi connectivity index (χ3n) is 3.56. The molecule has 2 nitrogen and oxygen atoms in total. The van der Waals surface area contributed by atoms with Crippen LogP contribution in [-0.4, -0.2) is 12.4 Å². The highest BCUT2D eigenvalue weighted by atomic mass is 16.7. The maximum Gasteiger partial charge on any atom is 0.237 e. The lowest BCUT2D eigenvalue weighted by Crippen LogP contribution is -2.43. The van der Waals surface area contributed by atoms with Crippen LogP contribution in [0.5, 0.6) is 0 Å². The molecule has 0 bridgehead atoms. The molecular formula is C18H26O2. The van der Waals surface area contributed by atoms with Gasteiger partial charge in [-0.2, -0.15) is 0 Å². The predicted molar refractivity (Wildman–Crippen MR) is 83.2 cm³/mol. The third kappa shape index (κ3) is 3.24. The Balaban J connectivity index is 2.31. The zero-order chi connectivity index (χ0) is 14.6. The van der Waals surface area contributed by atoms with E-state index >= 15 is 0 Å². The first-order valence-electron chi connectivity index (χ1n) is 7.55. The molecule has 110 valence electrons. The van der Waals surface area contributed by atoms with Crippen molar-refractivity contribution in [2.75, 3.05) is 6.61 Å². The fourth-order valence-corrected chi connectivity index (χ4v) is 2.68.